The molecular formula is C14H12ClIN2O2. The van der Waals surface area contributed by atoms with Gasteiger partial charge in [0.15, 0.2) is 0 Å². The van der Waals surface area contributed by atoms with Crippen molar-refractivity contribution in [2.45, 2.75) is 6.92 Å². The second kappa shape index (κ2) is 6.90. The molecule has 0 saturated carbocycles. The summed E-state index contributed by atoms with van der Waals surface area (Å²) in [5.74, 6) is -0.0369. The average Bonchev–Trinajstić information content (AvgIpc) is 2.42. The monoisotopic (exact) mass is 402 g/mol. The van der Waals surface area contributed by atoms with Gasteiger partial charge in [-0.2, -0.15) is 0 Å². The minimum atomic E-state index is -0.426. The molecule has 0 fully saturated rings. The van der Waals surface area contributed by atoms with Gasteiger partial charge in [-0.15, -0.1) is 0 Å². The van der Waals surface area contributed by atoms with Crippen LogP contribution in [-0.2, 0) is 4.74 Å². The van der Waals surface area contributed by atoms with E-state index in [9.17, 15) is 4.79 Å². The molecule has 2 rings (SSSR count). The minimum absolute atomic E-state index is 0.309. The Bertz CT molecular complexity index is 634. The number of halogens is 2. The fourth-order valence-electron chi connectivity index (χ4n) is 1.59. The highest BCUT2D eigenvalue weighted by atomic mass is 127. The van der Waals surface area contributed by atoms with Crippen molar-refractivity contribution in [1.82, 2.24) is 4.98 Å². The molecule has 0 aliphatic heterocycles. The van der Waals surface area contributed by atoms with Crippen LogP contribution in [0.15, 0.2) is 36.4 Å². The molecule has 2 aromatic rings. The number of carbonyl (C=O) groups excluding carboxylic acids is 1. The molecule has 0 bridgehead atoms. The van der Waals surface area contributed by atoms with Crippen molar-refractivity contribution in [2.75, 3.05) is 11.9 Å². The number of aromatic nitrogens is 1. The summed E-state index contributed by atoms with van der Waals surface area (Å²) in [6.45, 7) is 2.07. The van der Waals surface area contributed by atoms with E-state index < -0.39 is 5.97 Å². The number of hydrogen-bond acceptors (Lipinski definition) is 4. The smallest absolute Gasteiger partial charge is 0.341 e. The van der Waals surface area contributed by atoms with E-state index in [1.54, 1.807) is 19.1 Å². The lowest BCUT2D eigenvalue weighted by Crippen LogP contribution is -2.09. The van der Waals surface area contributed by atoms with E-state index in [0.717, 1.165) is 9.26 Å². The zero-order valence-electron chi connectivity index (χ0n) is 10.7. The first-order chi connectivity index (χ1) is 9.61. The molecule has 1 heterocycles. The predicted octanol–water partition coefficient (Wildman–Crippen LogP) is 4.26. The van der Waals surface area contributed by atoms with Crippen molar-refractivity contribution in [3.05, 3.63) is 50.7 Å². The lowest BCUT2D eigenvalue weighted by atomic mass is 10.2. The number of nitrogens with zero attached hydrogens (tertiary/aromatic N) is 1. The molecule has 0 radical (unpaired) electrons. The molecule has 104 valence electrons. The molecule has 20 heavy (non-hydrogen) atoms. The van der Waals surface area contributed by atoms with Gasteiger partial charge < -0.3 is 10.1 Å². The van der Waals surface area contributed by atoms with Crippen LogP contribution in [0.4, 0.5) is 11.5 Å². The summed E-state index contributed by atoms with van der Waals surface area (Å²) in [7, 11) is 0. The SMILES string of the molecule is CCOC(=O)c1ccc(Cl)nc1Nc1ccccc1I. The third-order valence-corrected chi connectivity index (χ3v) is 3.63. The Morgan fingerprint density at radius 2 is 2.10 bits per heavy atom. The van der Waals surface area contributed by atoms with Gasteiger partial charge in [-0.25, -0.2) is 9.78 Å². The largest absolute Gasteiger partial charge is 0.462 e. The van der Waals surface area contributed by atoms with Crippen LogP contribution >= 0.6 is 34.2 Å². The fourth-order valence-corrected chi connectivity index (χ4v) is 2.26. The van der Waals surface area contributed by atoms with Gasteiger partial charge in [0.1, 0.15) is 16.5 Å². The van der Waals surface area contributed by atoms with Crippen molar-refractivity contribution in [3.63, 3.8) is 0 Å². The van der Waals surface area contributed by atoms with Crippen LogP contribution in [0.3, 0.4) is 0 Å². The zero-order valence-corrected chi connectivity index (χ0v) is 13.6. The van der Waals surface area contributed by atoms with Crippen LogP contribution in [0.5, 0.6) is 0 Å². The van der Waals surface area contributed by atoms with Gasteiger partial charge >= 0.3 is 5.97 Å². The summed E-state index contributed by atoms with van der Waals surface area (Å²) >= 11 is 8.10. The molecule has 0 aliphatic carbocycles. The molecule has 0 saturated heterocycles. The third-order valence-electron chi connectivity index (χ3n) is 2.48. The maximum Gasteiger partial charge on any atom is 0.341 e. The van der Waals surface area contributed by atoms with Crippen molar-refractivity contribution >= 4 is 51.7 Å². The topological polar surface area (TPSA) is 51.2 Å². The summed E-state index contributed by atoms with van der Waals surface area (Å²) in [5.41, 5.74) is 1.21. The lowest BCUT2D eigenvalue weighted by molar-refractivity contribution is 0.0527. The number of esters is 1. The summed E-state index contributed by atoms with van der Waals surface area (Å²) in [6, 6.07) is 10.9. The van der Waals surface area contributed by atoms with Gasteiger partial charge in [0.2, 0.25) is 0 Å². The number of rotatable bonds is 4. The Morgan fingerprint density at radius 1 is 1.35 bits per heavy atom. The maximum absolute atomic E-state index is 11.9. The normalized spacial score (nSPS) is 10.2. The van der Waals surface area contributed by atoms with E-state index in [1.807, 2.05) is 24.3 Å². The van der Waals surface area contributed by atoms with Crippen molar-refractivity contribution in [3.8, 4) is 0 Å². The van der Waals surface area contributed by atoms with Gasteiger partial charge in [0, 0.05) is 3.57 Å². The van der Waals surface area contributed by atoms with Gasteiger partial charge in [-0.3, -0.25) is 0 Å². The van der Waals surface area contributed by atoms with Gasteiger partial charge in [0.25, 0.3) is 0 Å². The number of anilines is 2. The summed E-state index contributed by atoms with van der Waals surface area (Å²) in [5, 5.41) is 3.43. The maximum atomic E-state index is 11.9. The quantitative estimate of drug-likeness (QED) is 0.472. The van der Waals surface area contributed by atoms with E-state index >= 15 is 0 Å². The molecule has 0 atom stereocenters. The molecule has 1 N–H and O–H groups in total. The number of ether oxygens (including phenoxy) is 1. The first-order valence-electron chi connectivity index (χ1n) is 5.97. The molecular weight excluding hydrogens is 391 g/mol. The van der Waals surface area contributed by atoms with Crippen LogP contribution in [0.1, 0.15) is 17.3 Å². The average molecular weight is 403 g/mol. The number of nitrogens with one attached hydrogen (secondary N) is 1. The highest BCUT2D eigenvalue weighted by molar-refractivity contribution is 14.1. The van der Waals surface area contributed by atoms with Crippen molar-refractivity contribution in [1.29, 1.82) is 0 Å². The number of carbonyl (C=O) groups is 1. The summed E-state index contributed by atoms with van der Waals surface area (Å²) in [4.78, 5) is 16.1. The summed E-state index contributed by atoms with van der Waals surface area (Å²) < 4.78 is 6.03. The van der Waals surface area contributed by atoms with Gasteiger partial charge in [-0.1, -0.05) is 23.7 Å². The molecule has 0 amide bonds. The number of hydrogen-bond donors (Lipinski definition) is 1. The molecule has 4 nitrogen and oxygen atoms in total. The van der Waals surface area contributed by atoms with E-state index in [1.165, 1.54) is 0 Å². The van der Waals surface area contributed by atoms with E-state index in [0.29, 0.717) is 23.1 Å². The minimum Gasteiger partial charge on any atom is -0.462 e. The number of para-hydroxylation sites is 1. The Hall–Kier alpha value is -1.34. The van der Waals surface area contributed by atoms with Crippen LogP contribution in [0, 0.1) is 3.57 Å². The van der Waals surface area contributed by atoms with Crippen LogP contribution < -0.4 is 5.32 Å². The molecule has 6 heteroatoms. The predicted molar refractivity (Wildman–Crippen MR) is 87.6 cm³/mol. The second-order valence-corrected chi connectivity index (χ2v) is 5.40. The Labute approximate surface area is 135 Å². The van der Waals surface area contributed by atoms with Crippen LogP contribution in [0.25, 0.3) is 0 Å². The zero-order chi connectivity index (χ0) is 14.5. The summed E-state index contributed by atoms with van der Waals surface area (Å²) in [6.07, 6.45) is 0. The Kier molecular flexibility index (Phi) is 5.19. The fraction of sp³-hybridized carbons (Fsp3) is 0.143. The van der Waals surface area contributed by atoms with Crippen molar-refractivity contribution < 1.29 is 9.53 Å². The Balaban J connectivity index is 2.37. The van der Waals surface area contributed by atoms with E-state index in [2.05, 4.69) is 32.9 Å². The highest BCUT2D eigenvalue weighted by Crippen LogP contribution is 2.25. The molecule has 0 unspecified atom stereocenters. The molecule has 0 spiro atoms. The molecule has 0 aliphatic rings. The molecule has 1 aromatic heterocycles. The van der Waals surface area contributed by atoms with Crippen molar-refractivity contribution in [2.24, 2.45) is 0 Å². The van der Waals surface area contributed by atoms with Gasteiger partial charge in [0.05, 0.1) is 12.3 Å². The van der Waals surface area contributed by atoms with E-state index in [-0.39, 0.29) is 0 Å². The number of pyridine rings is 1. The molecule has 1 aromatic carbocycles. The number of benzene rings is 1. The standard InChI is InChI=1S/C14H12ClIN2O2/c1-2-20-14(19)9-7-8-12(15)18-13(9)17-11-6-4-3-5-10(11)16/h3-8H,2H2,1H3,(H,17,18). The first-order valence-corrected chi connectivity index (χ1v) is 7.42. The van der Waals surface area contributed by atoms with Gasteiger partial charge in [-0.05, 0) is 53.8 Å². The van der Waals surface area contributed by atoms with Crippen LogP contribution in [-0.4, -0.2) is 17.6 Å². The highest BCUT2D eigenvalue weighted by Gasteiger charge is 2.15. The Morgan fingerprint density at radius 3 is 2.80 bits per heavy atom. The lowest BCUT2D eigenvalue weighted by Gasteiger charge is -2.11. The van der Waals surface area contributed by atoms with E-state index in [4.69, 9.17) is 16.3 Å². The van der Waals surface area contributed by atoms with Crippen LogP contribution in [0.2, 0.25) is 5.15 Å². The second-order valence-electron chi connectivity index (χ2n) is 3.86. The third kappa shape index (κ3) is 3.61. The first kappa shape index (κ1) is 15.1.